The van der Waals surface area contributed by atoms with Gasteiger partial charge in [0.15, 0.2) is 11.5 Å². The lowest BCUT2D eigenvalue weighted by Crippen LogP contribution is -1.98. The first-order chi connectivity index (χ1) is 11.7. The van der Waals surface area contributed by atoms with E-state index in [9.17, 15) is 0 Å². The van der Waals surface area contributed by atoms with Crippen LogP contribution in [0.1, 0.15) is 16.3 Å². The maximum absolute atomic E-state index is 5.76. The number of hydrogen-bond donors (Lipinski definition) is 0. The zero-order valence-electron chi connectivity index (χ0n) is 13.6. The average molecular weight is 340 g/mol. The Kier molecular flexibility index (Phi) is 3.57. The van der Waals surface area contributed by atoms with Gasteiger partial charge in [0.05, 0.1) is 12.5 Å². The topological polar surface area (TPSA) is 61.5 Å². The Morgan fingerprint density at radius 1 is 1.12 bits per heavy atom. The van der Waals surface area contributed by atoms with E-state index in [-0.39, 0.29) is 0 Å². The van der Waals surface area contributed by atoms with E-state index in [1.54, 1.807) is 29.3 Å². The molecule has 0 aliphatic heterocycles. The zero-order chi connectivity index (χ0) is 16.7. The average Bonchev–Trinajstić information content (AvgIpc) is 3.14. The van der Waals surface area contributed by atoms with Crippen LogP contribution < -0.4 is 9.47 Å². The van der Waals surface area contributed by atoms with Crippen LogP contribution in [0.4, 0.5) is 0 Å². The van der Waals surface area contributed by atoms with Gasteiger partial charge in [0.2, 0.25) is 0 Å². The van der Waals surface area contributed by atoms with Gasteiger partial charge in [-0.2, -0.15) is 0 Å². The Morgan fingerprint density at radius 2 is 1.88 bits per heavy atom. The molecule has 0 radical (unpaired) electrons. The third-order valence-electron chi connectivity index (χ3n) is 3.98. The van der Waals surface area contributed by atoms with E-state index in [1.165, 1.54) is 10.4 Å². The van der Waals surface area contributed by atoms with E-state index in [0.29, 0.717) is 12.4 Å². The lowest BCUT2D eigenvalue weighted by atomic mass is 10.2. The van der Waals surface area contributed by atoms with Crippen molar-refractivity contribution >= 4 is 27.2 Å². The van der Waals surface area contributed by atoms with Crippen molar-refractivity contribution in [2.45, 2.75) is 20.5 Å². The van der Waals surface area contributed by atoms with Crippen molar-refractivity contribution in [3.8, 4) is 11.5 Å². The van der Waals surface area contributed by atoms with Gasteiger partial charge in [0.25, 0.3) is 0 Å². The molecule has 0 fully saturated rings. The zero-order valence-corrected chi connectivity index (χ0v) is 14.4. The molecule has 0 amide bonds. The molecule has 0 saturated heterocycles. The number of aryl methyl sites for hydroxylation is 2. The number of methoxy groups -OCH3 is 1. The molecule has 4 rings (SSSR count). The van der Waals surface area contributed by atoms with Gasteiger partial charge < -0.3 is 9.47 Å². The summed E-state index contributed by atoms with van der Waals surface area (Å²) in [5.74, 6) is 2.17. The van der Waals surface area contributed by atoms with Crippen molar-refractivity contribution in [2.24, 2.45) is 0 Å². The Morgan fingerprint density at radius 3 is 2.62 bits per heavy atom. The molecule has 3 aromatic heterocycles. The molecule has 0 saturated carbocycles. The highest BCUT2D eigenvalue weighted by Gasteiger charge is 2.14. The van der Waals surface area contributed by atoms with Crippen LogP contribution in [0.2, 0.25) is 0 Å². The van der Waals surface area contributed by atoms with Gasteiger partial charge in [-0.3, -0.25) is 0 Å². The number of benzene rings is 1. The molecule has 24 heavy (non-hydrogen) atoms. The van der Waals surface area contributed by atoms with Crippen LogP contribution in [0.3, 0.4) is 0 Å². The predicted molar refractivity (Wildman–Crippen MR) is 93.0 cm³/mol. The van der Waals surface area contributed by atoms with Gasteiger partial charge >= 0.3 is 0 Å². The summed E-state index contributed by atoms with van der Waals surface area (Å²) in [5, 5.41) is 5.53. The minimum absolute atomic E-state index is 0.303. The molecular weight excluding hydrogens is 324 g/mol. The second-order valence-electron chi connectivity index (χ2n) is 5.47. The Hall–Kier alpha value is -2.67. The van der Waals surface area contributed by atoms with Gasteiger partial charge in [0.1, 0.15) is 29.3 Å². The quantitative estimate of drug-likeness (QED) is 0.568. The first kappa shape index (κ1) is 14.9. The largest absolute Gasteiger partial charge is 0.497 e. The molecule has 0 spiro atoms. The van der Waals surface area contributed by atoms with Crippen molar-refractivity contribution < 1.29 is 9.47 Å². The molecule has 0 atom stereocenters. The van der Waals surface area contributed by atoms with Crippen molar-refractivity contribution in [3.05, 3.63) is 46.9 Å². The molecule has 0 aliphatic rings. The normalized spacial score (nSPS) is 11.3. The Labute approximate surface area is 142 Å². The van der Waals surface area contributed by atoms with E-state index in [2.05, 4.69) is 28.9 Å². The number of nitrogens with zero attached hydrogens (tertiary/aromatic N) is 4. The van der Waals surface area contributed by atoms with E-state index in [0.717, 1.165) is 27.4 Å². The fourth-order valence-electron chi connectivity index (χ4n) is 2.57. The summed E-state index contributed by atoms with van der Waals surface area (Å²) < 4.78 is 12.6. The third-order valence-corrected chi connectivity index (χ3v) is 5.09. The lowest BCUT2D eigenvalue weighted by Gasteiger charge is -2.04. The highest BCUT2D eigenvalue weighted by molar-refractivity contribution is 7.18. The maximum atomic E-state index is 5.76. The van der Waals surface area contributed by atoms with Crippen LogP contribution in [-0.4, -0.2) is 26.7 Å². The Balaban J connectivity index is 1.63. The van der Waals surface area contributed by atoms with Crippen molar-refractivity contribution in [1.29, 1.82) is 0 Å². The predicted octanol–water partition coefficient (Wildman–Crippen LogP) is 3.54. The Bertz CT molecular complexity index is 1020. The summed E-state index contributed by atoms with van der Waals surface area (Å²) >= 11 is 1.68. The first-order valence-electron chi connectivity index (χ1n) is 7.52. The number of aromatic nitrogens is 4. The SMILES string of the molecule is COc1ccc(OCc2nc3c4c(C)c(C)sc4ncn3n2)cc1. The molecular formula is C17H16N4O2S. The van der Waals surface area contributed by atoms with Gasteiger partial charge in [0, 0.05) is 4.88 Å². The van der Waals surface area contributed by atoms with Crippen LogP contribution in [0.5, 0.6) is 11.5 Å². The number of ether oxygens (including phenoxy) is 2. The summed E-state index contributed by atoms with van der Waals surface area (Å²) in [7, 11) is 1.64. The molecule has 4 aromatic rings. The minimum Gasteiger partial charge on any atom is -0.497 e. The van der Waals surface area contributed by atoms with E-state index in [1.807, 2.05) is 24.3 Å². The van der Waals surface area contributed by atoms with Gasteiger partial charge in [-0.05, 0) is 43.7 Å². The molecule has 122 valence electrons. The number of hydrogen-bond acceptors (Lipinski definition) is 6. The molecule has 7 heteroatoms. The molecule has 6 nitrogen and oxygen atoms in total. The second-order valence-corrected chi connectivity index (χ2v) is 6.67. The van der Waals surface area contributed by atoms with Crippen LogP contribution in [0.15, 0.2) is 30.6 Å². The highest BCUT2D eigenvalue weighted by Crippen LogP contribution is 2.30. The van der Waals surface area contributed by atoms with Crippen LogP contribution in [-0.2, 0) is 6.61 Å². The third kappa shape index (κ3) is 2.46. The van der Waals surface area contributed by atoms with Crippen LogP contribution >= 0.6 is 11.3 Å². The van der Waals surface area contributed by atoms with Gasteiger partial charge in [-0.1, -0.05) is 0 Å². The molecule has 0 aliphatic carbocycles. The fourth-order valence-corrected chi connectivity index (χ4v) is 3.56. The minimum atomic E-state index is 0.303. The van der Waals surface area contributed by atoms with Gasteiger partial charge in [-0.25, -0.2) is 14.5 Å². The fraction of sp³-hybridized carbons (Fsp3) is 0.235. The molecule has 0 unspecified atom stereocenters. The highest BCUT2D eigenvalue weighted by atomic mass is 32.1. The lowest BCUT2D eigenvalue weighted by molar-refractivity contribution is 0.295. The monoisotopic (exact) mass is 340 g/mol. The van der Waals surface area contributed by atoms with E-state index in [4.69, 9.17) is 9.47 Å². The molecule has 3 heterocycles. The van der Waals surface area contributed by atoms with Gasteiger partial charge in [-0.15, -0.1) is 16.4 Å². The summed E-state index contributed by atoms with van der Waals surface area (Å²) in [6.45, 7) is 4.50. The number of fused-ring (bicyclic) bond motifs is 3. The van der Waals surface area contributed by atoms with Crippen molar-refractivity contribution in [2.75, 3.05) is 7.11 Å². The van der Waals surface area contributed by atoms with E-state index >= 15 is 0 Å². The standard InChI is InChI=1S/C17H16N4O2S/c1-10-11(2)24-17-15(10)16-19-14(20-21(16)9-18-17)8-23-13-6-4-12(22-3)5-7-13/h4-7,9H,8H2,1-3H3. The van der Waals surface area contributed by atoms with Crippen molar-refractivity contribution in [1.82, 2.24) is 19.6 Å². The summed E-state index contributed by atoms with van der Waals surface area (Å²) in [6.07, 6.45) is 1.71. The molecule has 1 aromatic carbocycles. The van der Waals surface area contributed by atoms with E-state index < -0.39 is 0 Å². The summed E-state index contributed by atoms with van der Waals surface area (Å²) in [4.78, 5) is 11.3. The molecule has 0 bridgehead atoms. The smallest absolute Gasteiger partial charge is 0.189 e. The maximum Gasteiger partial charge on any atom is 0.189 e. The second kappa shape index (κ2) is 5.76. The van der Waals surface area contributed by atoms with Crippen LogP contribution in [0, 0.1) is 13.8 Å². The number of rotatable bonds is 4. The van der Waals surface area contributed by atoms with Crippen molar-refractivity contribution in [3.63, 3.8) is 0 Å². The van der Waals surface area contributed by atoms with Crippen LogP contribution in [0.25, 0.3) is 15.9 Å². The summed E-state index contributed by atoms with van der Waals surface area (Å²) in [6, 6.07) is 7.44. The number of thiophene rings is 1. The summed E-state index contributed by atoms with van der Waals surface area (Å²) in [5.41, 5.74) is 2.04. The molecule has 0 N–H and O–H groups in total. The first-order valence-corrected chi connectivity index (χ1v) is 8.34.